The number of rotatable bonds is 2. The van der Waals surface area contributed by atoms with Crippen LogP contribution in [0.1, 0.15) is 48.9 Å². The summed E-state index contributed by atoms with van der Waals surface area (Å²) in [6.07, 6.45) is 5.49. The van der Waals surface area contributed by atoms with Crippen LogP contribution in [0.5, 0.6) is 5.75 Å². The molecule has 4 nitrogen and oxygen atoms in total. The average Bonchev–Trinajstić information content (AvgIpc) is 2.65. The number of nitrogens with zero attached hydrogens (tertiary/aromatic N) is 1. The molecule has 0 atom stereocenters. The molecule has 1 amide bonds. The molecular formula is C15H18N2O2. The highest BCUT2D eigenvalue weighted by Crippen LogP contribution is 2.27. The van der Waals surface area contributed by atoms with Gasteiger partial charge in [-0.15, -0.1) is 0 Å². The van der Waals surface area contributed by atoms with Crippen LogP contribution in [0.2, 0.25) is 0 Å². The van der Waals surface area contributed by atoms with Crippen LogP contribution >= 0.6 is 0 Å². The summed E-state index contributed by atoms with van der Waals surface area (Å²) < 4.78 is 0. The van der Waals surface area contributed by atoms with Gasteiger partial charge in [-0.05, 0) is 25.0 Å². The predicted octanol–water partition coefficient (Wildman–Crippen LogP) is 2.74. The van der Waals surface area contributed by atoms with Gasteiger partial charge in [-0.2, -0.15) is 5.26 Å². The van der Waals surface area contributed by atoms with Gasteiger partial charge in [-0.1, -0.05) is 37.8 Å². The third kappa shape index (κ3) is 3.05. The number of phenolic OH excluding ortho intramolecular Hbond substituents is 1. The molecule has 100 valence electrons. The number of carbonyl (C=O) groups excluding carboxylic acids is 1. The maximum absolute atomic E-state index is 12.2. The van der Waals surface area contributed by atoms with Crippen LogP contribution in [0.15, 0.2) is 24.3 Å². The third-order valence-corrected chi connectivity index (χ3v) is 3.67. The molecule has 4 heteroatoms. The number of nitrogens with one attached hydrogen (secondary N) is 1. The van der Waals surface area contributed by atoms with Crippen molar-refractivity contribution in [2.75, 3.05) is 0 Å². The topological polar surface area (TPSA) is 73.1 Å². The molecule has 0 radical (unpaired) electrons. The van der Waals surface area contributed by atoms with Crippen molar-refractivity contribution in [3.8, 4) is 11.8 Å². The molecule has 1 saturated carbocycles. The van der Waals surface area contributed by atoms with Crippen molar-refractivity contribution in [2.24, 2.45) is 0 Å². The molecule has 0 heterocycles. The summed E-state index contributed by atoms with van der Waals surface area (Å²) >= 11 is 0. The highest BCUT2D eigenvalue weighted by atomic mass is 16.3. The lowest BCUT2D eigenvalue weighted by atomic mass is 9.91. The van der Waals surface area contributed by atoms with Crippen LogP contribution in [0, 0.1) is 11.3 Å². The maximum atomic E-state index is 12.2. The molecule has 2 rings (SSSR count). The Hall–Kier alpha value is -2.02. The van der Waals surface area contributed by atoms with E-state index in [1.807, 2.05) is 0 Å². The van der Waals surface area contributed by atoms with Gasteiger partial charge in [0.25, 0.3) is 5.91 Å². The summed E-state index contributed by atoms with van der Waals surface area (Å²) in [6.45, 7) is 0. The lowest BCUT2D eigenvalue weighted by Crippen LogP contribution is -2.47. The molecule has 2 N–H and O–H groups in total. The second-order valence-electron chi connectivity index (χ2n) is 5.08. The van der Waals surface area contributed by atoms with E-state index >= 15 is 0 Å². The molecule has 0 aliphatic heterocycles. The van der Waals surface area contributed by atoms with Crippen molar-refractivity contribution in [1.29, 1.82) is 5.26 Å². The number of carbonyl (C=O) groups is 1. The van der Waals surface area contributed by atoms with Crippen LogP contribution in [0.3, 0.4) is 0 Å². The van der Waals surface area contributed by atoms with Crippen molar-refractivity contribution in [1.82, 2.24) is 5.32 Å². The average molecular weight is 258 g/mol. The van der Waals surface area contributed by atoms with E-state index in [0.717, 1.165) is 25.7 Å². The SMILES string of the molecule is N#CC1(NC(=O)c2ccccc2O)CCCCCC1. The zero-order valence-corrected chi connectivity index (χ0v) is 10.9. The Morgan fingerprint density at radius 3 is 2.42 bits per heavy atom. The van der Waals surface area contributed by atoms with Gasteiger partial charge >= 0.3 is 0 Å². The molecule has 0 saturated heterocycles. The molecule has 1 aliphatic carbocycles. The minimum atomic E-state index is -0.782. The van der Waals surface area contributed by atoms with Crippen molar-refractivity contribution in [3.63, 3.8) is 0 Å². The standard InChI is InChI=1S/C15H18N2O2/c16-11-15(9-5-1-2-6-10-15)17-14(19)12-7-3-4-8-13(12)18/h3-4,7-8,18H,1-2,5-6,9-10H2,(H,17,19). The van der Waals surface area contributed by atoms with E-state index in [2.05, 4.69) is 11.4 Å². The molecule has 0 spiro atoms. The number of hydrogen-bond acceptors (Lipinski definition) is 3. The fourth-order valence-corrected chi connectivity index (χ4v) is 2.55. The predicted molar refractivity (Wildman–Crippen MR) is 71.6 cm³/mol. The highest BCUT2D eigenvalue weighted by molar-refractivity contribution is 5.97. The van der Waals surface area contributed by atoms with E-state index in [9.17, 15) is 15.2 Å². The molecule has 19 heavy (non-hydrogen) atoms. The number of nitriles is 1. The van der Waals surface area contributed by atoms with Crippen molar-refractivity contribution in [2.45, 2.75) is 44.1 Å². The first kappa shape index (κ1) is 13.4. The van der Waals surface area contributed by atoms with Crippen molar-refractivity contribution < 1.29 is 9.90 Å². The first-order valence-corrected chi connectivity index (χ1v) is 6.69. The van der Waals surface area contributed by atoms with E-state index in [4.69, 9.17) is 0 Å². The Balaban J connectivity index is 2.17. The zero-order valence-electron chi connectivity index (χ0n) is 10.9. The summed E-state index contributed by atoms with van der Waals surface area (Å²) in [4.78, 5) is 12.2. The van der Waals surface area contributed by atoms with Gasteiger partial charge in [0.05, 0.1) is 11.6 Å². The number of amides is 1. The van der Waals surface area contributed by atoms with E-state index in [1.54, 1.807) is 18.2 Å². The second kappa shape index (κ2) is 5.75. The van der Waals surface area contributed by atoms with E-state index in [-0.39, 0.29) is 17.2 Å². The summed E-state index contributed by atoms with van der Waals surface area (Å²) in [6, 6.07) is 8.66. The first-order valence-electron chi connectivity index (χ1n) is 6.69. The number of phenols is 1. The Kier molecular flexibility index (Phi) is 4.06. The first-order chi connectivity index (χ1) is 9.17. The van der Waals surface area contributed by atoms with Gasteiger partial charge in [0.2, 0.25) is 0 Å². The van der Waals surface area contributed by atoms with Gasteiger partial charge in [0.15, 0.2) is 0 Å². The Morgan fingerprint density at radius 2 is 1.84 bits per heavy atom. The largest absolute Gasteiger partial charge is 0.507 e. The molecule has 1 aromatic rings. The molecule has 1 fully saturated rings. The Morgan fingerprint density at radius 1 is 1.21 bits per heavy atom. The van der Waals surface area contributed by atoms with Gasteiger partial charge in [0.1, 0.15) is 11.3 Å². The van der Waals surface area contributed by atoms with Gasteiger partial charge < -0.3 is 10.4 Å². The van der Waals surface area contributed by atoms with Crippen LogP contribution in [-0.2, 0) is 0 Å². The lowest BCUT2D eigenvalue weighted by molar-refractivity contribution is 0.0910. The third-order valence-electron chi connectivity index (χ3n) is 3.67. The quantitative estimate of drug-likeness (QED) is 0.801. The number of para-hydroxylation sites is 1. The Labute approximate surface area is 113 Å². The summed E-state index contributed by atoms with van der Waals surface area (Å²) in [5.74, 6) is -0.428. The maximum Gasteiger partial charge on any atom is 0.256 e. The molecule has 0 aromatic heterocycles. The van der Waals surface area contributed by atoms with Crippen LogP contribution in [-0.4, -0.2) is 16.6 Å². The molecule has 1 aromatic carbocycles. The van der Waals surface area contributed by atoms with E-state index in [0.29, 0.717) is 12.8 Å². The number of hydrogen-bond donors (Lipinski definition) is 2. The number of aromatic hydroxyl groups is 1. The van der Waals surface area contributed by atoms with Crippen LogP contribution in [0.4, 0.5) is 0 Å². The molecule has 0 unspecified atom stereocenters. The van der Waals surface area contributed by atoms with E-state index in [1.165, 1.54) is 6.07 Å². The Bertz CT molecular complexity index is 497. The van der Waals surface area contributed by atoms with Crippen molar-refractivity contribution in [3.05, 3.63) is 29.8 Å². The highest BCUT2D eigenvalue weighted by Gasteiger charge is 2.33. The van der Waals surface area contributed by atoms with E-state index < -0.39 is 5.54 Å². The van der Waals surface area contributed by atoms with Crippen LogP contribution < -0.4 is 5.32 Å². The zero-order chi connectivity index (χ0) is 13.7. The monoisotopic (exact) mass is 258 g/mol. The minimum absolute atomic E-state index is 0.0540. The fourth-order valence-electron chi connectivity index (χ4n) is 2.55. The molecular weight excluding hydrogens is 240 g/mol. The second-order valence-corrected chi connectivity index (χ2v) is 5.08. The summed E-state index contributed by atoms with van der Waals surface area (Å²) in [7, 11) is 0. The molecule has 0 bridgehead atoms. The van der Waals surface area contributed by atoms with Gasteiger partial charge in [-0.25, -0.2) is 0 Å². The van der Waals surface area contributed by atoms with Crippen molar-refractivity contribution >= 4 is 5.91 Å². The van der Waals surface area contributed by atoms with Crippen LogP contribution in [0.25, 0.3) is 0 Å². The summed E-state index contributed by atoms with van der Waals surface area (Å²) in [5.41, 5.74) is -0.558. The molecule has 1 aliphatic rings. The minimum Gasteiger partial charge on any atom is -0.507 e. The fraction of sp³-hybridized carbons (Fsp3) is 0.467. The van der Waals surface area contributed by atoms with Gasteiger partial charge in [-0.3, -0.25) is 4.79 Å². The number of benzene rings is 1. The normalized spacial score (nSPS) is 18.1. The lowest BCUT2D eigenvalue weighted by Gasteiger charge is -2.26. The van der Waals surface area contributed by atoms with Gasteiger partial charge in [0, 0.05) is 0 Å². The smallest absolute Gasteiger partial charge is 0.256 e. The summed E-state index contributed by atoms with van der Waals surface area (Å²) in [5, 5.41) is 21.9.